The summed E-state index contributed by atoms with van der Waals surface area (Å²) in [4.78, 5) is 32.2. The van der Waals surface area contributed by atoms with Crippen LogP contribution >= 0.6 is 11.6 Å². The first-order chi connectivity index (χ1) is 13.4. The summed E-state index contributed by atoms with van der Waals surface area (Å²) in [5.74, 6) is 0.721. The first kappa shape index (κ1) is 22.4. The largest absolute Gasteiger partial charge is 0.333 e. The second-order valence-corrected chi connectivity index (χ2v) is 7.86. The van der Waals surface area contributed by atoms with Crippen molar-refractivity contribution in [2.24, 2.45) is 7.05 Å². The van der Waals surface area contributed by atoms with E-state index in [1.54, 1.807) is 29.8 Å². The van der Waals surface area contributed by atoms with Crippen molar-refractivity contribution in [1.82, 2.24) is 14.5 Å². The van der Waals surface area contributed by atoms with Crippen LogP contribution in [0, 0.1) is 0 Å². The summed E-state index contributed by atoms with van der Waals surface area (Å²) in [6.45, 7) is 6.84. The summed E-state index contributed by atoms with van der Waals surface area (Å²) < 4.78 is 1.55. The lowest BCUT2D eigenvalue weighted by Crippen LogP contribution is -2.37. The molecular weight excluding hydrogens is 374 g/mol. The van der Waals surface area contributed by atoms with E-state index in [0.29, 0.717) is 34.7 Å². The van der Waals surface area contributed by atoms with E-state index in [1.165, 1.54) is 19.3 Å². The van der Waals surface area contributed by atoms with E-state index in [0.717, 1.165) is 19.3 Å². The number of aromatic nitrogens is 2. The molecule has 0 N–H and O–H groups in total. The smallest absolute Gasteiger partial charge is 0.261 e. The molecule has 0 aliphatic rings. The van der Waals surface area contributed by atoms with Crippen LogP contribution in [0.15, 0.2) is 23.0 Å². The van der Waals surface area contributed by atoms with Crippen molar-refractivity contribution < 1.29 is 4.79 Å². The van der Waals surface area contributed by atoms with Crippen LogP contribution in [-0.2, 0) is 11.8 Å². The Morgan fingerprint density at radius 1 is 1.18 bits per heavy atom. The van der Waals surface area contributed by atoms with Crippen molar-refractivity contribution in [1.29, 1.82) is 0 Å². The minimum absolute atomic E-state index is 0.119. The topological polar surface area (TPSA) is 55.2 Å². The number of fused-ring (bicyclic) bond motifs is 1. The normalized spacial score (nSPS) is 12.3. The zero-order valence-electron chi connectivity index (χ0n) is 17.5. The molecule has 154 valence electrons. The Morgan fingerprint density at radius 2 is 1.89 bits per heavy atom. The van der Waals surface area contributed by atoms with Crippen LogP contribution in [0.2, 0.25) is 5.02 Å². The molecule has 1 aromatic heterocycles. The molecule has 0 saturated carbocycles. The van der Waals surface area contributed by atoms with Gasteiger partial charge in [-0.1, -0.05) is 51.1 Å². The second kappa shape index (κ2) is 10.6. The molecule has 2 rings (SSSR count). The lowest BCUT2D eigenvalue weighted by atomic mass is 10.1. The Kier molecular flexibility index (Phi) is 8.49. The van der Waals surface area contributed by atoms with Crippen molar-refractivity contribution >= 4 is 28.4 Å². The Hall–Kier alpha value is -1.88. The number of hydrogen-bond donors (Lipinski definition) is 0. The number of hydrogen-bond acceptors (Lipinski definition) is 3. The van der Waals surface area contributed by atoms with Gasteiger partial charge in [0.2, 0.25) is 5.91 Å². The van der Waals surface area contributed by atoms with Crippen LogP contribution in [-0.4, -0.2) is 26.9 Å². The Morgan fingerprint density at radius 3 is 2.57 bits per heavy atom. The van der Waals surface area contributed by atoms with Gasteiger partial charge in [0.1, 0.15) is 5.82 Å². The molecule has 1 heterocycles. The minimum Gasteiger partial charge on any atom is -0.333 e. The zero-order valence-corrected chi connectivity index (χ0v) is 18.3. The van der Waals surface area contributed by atoms with Gasteiger partial charge in [0.05, 0.1) is 16.9 Å². The molecule has 1 atom stereocenters. The van der Waals surface area contributed by atoms with Crippen LogP contribution in [0.1, 0.15) is 77.6 Å². The van der Waals surface area contributed by atoms with Gasteiger partial charge in [-0.2, -0.15) is 0 Å². The first-order valence-electron chi connectivity index (χ1n) is 10.4. The van der Waals surface area contributed by atoms with E-state index in [9.17, 15) is 9.59 Å². The van der Waals surface area contributed by atoms with Crippen LogP contribution in [0.4, 0.5) is 0 Å². The highest BCUT2D eigenvalue weighted by Gasteiger charge is 2.24. The van der Waals surface area contributed by atoms with Gasteiger partial charge in [-0.15, -0.1) is 0 Å². The summed E-state index contributed by atoms with van der Waals surface area (Å²) in [6, 6.07) is 4.83. The average molecular weight is 406 g/mol. The van der Waals surface area contributed by atoms with Gasteiger partial charge in [0.25, 0.3) is 5.56 Å². The van der Waals surface area contributed by atoms with Crippen molar-refractivity contribution in [3.8, 4) is 0 Å². The van der Waals surface area contributed by atoms with Gasteiger partial charge >= 0.3 is 0 Å². The number of carbonyl (C=O) groups is 1. The molecule has 0 aliphatic heterocycles. The Labute approximate surface area is 172 Å². The third kappa shape index (κ3) is 5.34. The molecule has 1 amide bonds. The van der Waals surface area contributed by atoms with Crippen molar-refractivity contribution in [3.63, 3.8) is 0 Å². The fourth-order valence-corrected chi connectivity index (χ4v) is 3.74. The van der Waals surface area contributed by atoms with Gasteiger partial charge in [-0.05, 0) is 38.0 Å². The lowest BCUT2D eigenvalue weighted by molar-refractivity contribution is -0.133. The van der Waals surface area contributed by atoms with Crippen LogP contribution < -0.4 is 5.56 Å². The standard InChI is InChI=1S/C22H32ClN3O2/c1-5-7-8-9-10-11-20(27)26(14-6-2)16(3)21-24-19-15-17(23)12-13-18(19)22(28)25(21)4/h12-13,15-16H,5-11,14H2,1-4H3. The van der Waals surface area contributed by atoms with Crippen molar-refractivity contribution in [2.45, 2.75) is 71.8 Å². The van der Waals surface area contributed by atoms with Crippen LogP contribution in [0.3, 0.4) is 0 Å². The summed E-state index contributed by atoms with van der Waals surface area (Å²) in [5, 5.41) is 1.08. The Balaban J connectivity index is 2.26. The lowest BCUT2D eigenvalue weighted by Gasteiger charge is -2.30. The van der Waals surface area contributed by atoms with E-state index >= 15 is 0 Å². The first-order valence-corrected chi connectivity index (χ1v) is 10.7. The van der Waals surface area contributed by atoms with Crippen LogP contribution in [0.5, 0.6) is 0 Å². The van der Waals surface area contributed by atoms with Crippen molar-refractivity contribution in [2.75, 3.05) is 6.54 Å². The number of benzene rings is 1. The van der Waals surface area contributed by atoms with Gasteiger partial charge in [-0.3, -0.25) is 14.2 Å². The van der Waals surface area contributed by atoms with Gasteiger partial charge in [0, 0.05) is 25.0 Å². The van der Waals surface area contributed by atoms with Gasteiger partial charge in [-0.25, -0.2) is 4.98 Å². The molecule has 0 saturated heterocycles. The van der Waals surface area contributed by atoms with Gasteiger partial charge in [0.15, 0.2) is 0 Å². The molecule has 28 heavy (non-hydrogen) atoms. The fourth-order valence-electron chi connectivity index (χ4n) is 3.57. The predicted octanol–water partition coefficient (Wildman–Crippen LogP) is 5.25. The fraction of sp³-hybridized carbons (Fsp3) is 0.591. The highest BCUT2D eigenvalue weighted by Crippen LogP contribution is 2.22. The molecule has 0 radical (unpaired) electrons. The maximum Gasteiger partial charge on any atom is 0.261 e. The van der Waals surface area contributed by atoms with E-state index < -0.39 is 0 Å². The predicted molar refractivity (Wildman–Crippen MR) is 116 cm³/mol. The highest BCUT2D eigenvalue weighted by atomic mass is 35.5. The monoisotopic (exact) mass is 405 g/mol. The minimum atomic E-state index is -0.274. The zero-order chi connectivity index (χ0) is 20.7. The number of amides is 1. The summed E-state index contributed by atoms with van der Waals surface area (Å²) >= 11 is 6.09. The summed E-state index contributed by atoms with van der Waals surface area (Å²) in [6.07, 6.45) is 6.98. The number of halogens is 1. The number of rotatable bonds is 10. The molecule has 5 nitrogen and oxygen atoms in total. The number of carbonyl (C=O) groups excluding carboxylic acids is 1. The van der Waals surface area contributed by atoms with Gasteiger partial charge < -0.3 is 4.90 Å². The number of unbranched alkanes of at least 4 members (excludes halogenated alkanes) is 4. The maximum absolute atomic E-state index is 12.9. The molecule has 0 bridgehead atoms. The summed E-state index contributed by atoms with van der Waals surface area (Å²) in [5.41, 5.74) is 0.452. The molecule has 1 unspecified atom stereocenters. The highest BCUT2D eigenvalue weighted by molar-refractivity contribution is 6.31. The molecule has 2 aromatic rings. The molecule has 0 fully saturated rings. The molecule has 1 aromatic carbocycles. The van der Waals surface area contributed by atoms with Crippen molar-refractivity contribution in [3.05, 3.63) is 39.4 Å². The molecule has 0 spiro atoms. The third-order valence-electron chi connectivity index (χ3n) is 5.19. The SMILES string of the molecule is CCCCCCCC(=O)N(CCC)C(C)c1nc2cc(Cl)ccc2c(=O)n1C. The maximum atomic E-state index is 12.9. The Bertz CT molecular complexity index is 863. The average Bonchev–Trinajstić information content (AvgIpc) is 2.67. The van der Waals surface area contributed by atoms with Crippen LogP contribution in [0.25, 0.3) is 10.9 Å². The van der Waals surface area contributed by atoms with E-state index in [-0.39, 0.29) is 17.5 Å². The molecule has 0 aliphatic carbocycles. The quantitative estimate of drug-likeness (QED) is 0.507. The number of nitrogens with zero attached hydrogens (tertiary/aromatic N) is 3. The van der Waals surface area contributed by atoms with E-state index in [1.807, 2.05) is 11.8 Å². The van der Waals surface area contributed by atoms with E-state index in [4.69, 9.17) is 11.6 Å². The third-order valence-corrected chi connectivity index (χ3v) is 5.43. The van der Waals surface area contributed by atoms with E-state index in [2.05, 4.69) is 18.8 Å². The molecular formula is C22H32ClN3O2. The molecule has 6 heteroatoms. The second-order valence-electron chi connectivity index (χ2n) is 7.42. The summed E-state index contributed by atoms with van der Waals surface area (Å²) in [7, 11) is 1.72.